The van der Waals surface area contributed by atoms with Gasteiger partial charge >= 0.3 is 0 Å². The van der Waals surface area contributed by atoms with Crippen molar-refractivity contribution in [1.82, 2.24) is 21.7 Å². The van der Waals surface area contributed by atoms with Crippen molar-refractivity contribution in [2.75, 3.05) is 13.2 Å². The molecule has 0 aromatic heterocycles. The van der Waals surface area contributed by atoms with Crippen LogP contribution in [0.25, 0.3) is 21.5 Å². The van der Waals surface area contributed by atoms with Gasteiger partial charge in [-0.15, -0.1) is 0 Å². The quantitative estimate of drug-likeness (QED) is 0.0926. The molecule has 236 valence electrons. The number of carbonyl (C=O) groups is 4. The number of hydrazine groups is 2. The van der Waals surface area contributed by atoms with Gasteiger partial charge < -0.3 is 9.47 Å². The number of halogens is 2. The standard InChI is InChI=1S/C33H34Br2N4O6/c34-32-24-12-8-6-10-22(24)16-18-26(32)44-20-30(42)38-36-28(40)14-4-2-1-3-5-15-29(41)37-39-31(43)21-45-27-19-17-23-11-7-9-13-25(23)33(27)35/h6-13,16-19H,1-5,14-15,20-21H2,(H,36,40)(H,37,41)(H,38,42)(H,39,43). The number of carbonyl (C=O) groups excluding carboxylic acids is 4. The summed E-state index contributed by atoms with van der Waals surface area (Å²) in [5, 5.41) is 4.05. The zero-order chi connectivity index (χ0) is 32.0. The lowest BCUT2D eigenvalue weighted by Gasteiger charge is -2.11. The average molecular weight is 742 g/mol. The maximum atomic E-state index is 12.1. The molecule has 0 aliphatic rings. The van der Waals surface area contributed by atoms with Gasteiger partial charge in [0.25, 0.3) is 11.8 Å². The summed E-state index contributed by atoms with van der Waals surface area (Å²) >= 11 is 7.03. The molecule has 0 bridgehead atoms. The van der Waals surface area contributed by atoms with E-state index in [1.54, 1.807) is 12.1 Å². The molecule has 4 amide bonds. The van der Waals surface area contributed by atoms with Gasteiger partial charge in [-0.3, -0.25) is 40.9 Å². The van der Waals surface area contributed by atoms with Crippen LogP contribution in [0.15, 0.2) is 81.7 Å². The third kappa shape index (κ3) is 10.5. The highest BCUT2D eigenvalue weighted by Gasteiger charge is 2.11. The Morgan fingerprint density at radius 1 is 0.489 bits per heavy atom. The number of ether oxygens (including phenoxy) is 2. The molecule has 0 aliphatic carbocycles. The number of benzene rings is 4. The molecular formula is C33H34Br2N4O6. The third-order valence-electron chi connectivity index (χ3n) is 6.86. The number of fused-ring (bicyclic) bond motifs is 2. The van der Waals surface area contributed by atoms with Crippen LogP contribution in [0.1, 0.15) is 44.9 Å². The second kappa shape index (κ2) is 17.4. The molecule has 0 heterocycles. The summed E-state index contributed by atoms with van der Waals surface area (Å²) in [5.41, 5.74) is 9.53. The highest BCUT2D eigenvalue weighted by atomic mass is 79.9. The summed E-state index contributed by atoms with van der Waals surface area (Å²) in [6.45, 7) is -0.489. The van der Waals surface area contributed by atoms with Crippen LogP contribution < -0.4 is 31.2 Å². The van der Waals surface area contributed by atoms with E-state index in [1.165, 1.54) is 0 Å². The SMILES string of the molecule is O=C(CCCCCCCC(=O)NNC(=O)COc1ccc2ccccc2c1Br)NNC(=O)COc1ccc2ccccc2c1Br. The number of rotatable bonds is 14. The fourth-order valence-electron chi connectivity index (χ4n) is 4.51. The van der Waals surface area contributed by atoms with E-state index in [0.717, 1.165) is 49.8 Å². The largest absolute Gasteiger partial charge is 0.483 e. The molecule has 0 aliphatic heterocycles. The highest BCUT2D eigenvalue weighted by Crippen LogP contribution is 2.34. The second-order valence-corrected chi connectivity index (χ2v) is 11.8. The van der Waals surface area contributed by atoms with Crippen LogP contribution >= 0.6 is 31.9 Å². The molecule has 0 saturated carbocycles. The van der Waals surface area contributed by atoms with Crippen LogP contribution in [0, 0.1) is 0 Å². The summed E-state index contributed by atoms with van der Waals surface area (Å²) in [6.07, 6.45) is 4.29. The molecule has 4 N–H and O–H groups in total. The predicted molar refractivity (Wildman–Crippen MR) is 179 cm³/mol. The Hall–Kier alpha value is -4.16. The molecule has 45 heavy (non-hydrogen) atoms. The molecule has 4 aromatic carbocycles. The van der Waals surface area contributed by atoms with Gasteiger partial charge in [-0.25, -0.2) is 0 Å². The number of unbranched alkanes of at least 4 members (excludes halogenated alkanes) is 4. The number of hydrogen-bond acceptors (Lipinski definition) is 6. The van der Waals surface area contributed by atoms with Crippen molar-refractivity contribution < 1.29 is 28.7 Å². The van der Waals surface area contributed by atoms with Crippen LogP contribution in [-0.2, 0) is 19.2 Å². The molecular weight excluding hydrogens is 708 g/mol. The number of hydrogen-bond donors (Lipinski definition) is 4. The number of nitrogens with one attached hydrogen (secondary N) is 4. The van der Waals surface area contributed by atoms with E-state index < -0.39 is 11.8 Å². The topological polar surface area (TPSA) is 135 Å². The molecule has 0 fully saturated rings. The maximum absolute atomic E-state index is 12.1. The second-order valence-electron chi connectivity index (χ2n) is 10.2. The van der Waals surface area contributed by atoms with Crippen molar-refractivity contribution >= 4 is 77.0 Å². The van der Waals surface area contributed by atoms with Crippen LogP contribution in [0.4, 0.5) is 0 Å². The Kier molecular flexibility index (Phi) is 13.0. The van der Waals surface area contributed by atoms with Gasteiger partial charge in [0.1, 0.15) is 11.5 Å². The van der Waals surface area contributed by atoms with Crippen molar-refractivity contribution in [2.45, 2.75) is 44.9 Å². The Bertz CT molecular complexity index is 1540. The third-order valence-corrected chi connectivity index (χ3v) is 8.50. The van der Waals surface area contributed by atoms with E-state index in [1.807, 2.05) is 60.7 Å². The van der Waals surface area contributed by atoms with Crippen LogP contribution in [-0.4, -0.2) is 36.8 Å². The molecule has 0 atom stereocenters. The fourth-order valence-corrected chi connectivity index (χ4v) is 5.73. The molecule has 0 saturated heterocycles. The minimum Gasteiger partial charge on any atom is -0.483 e. The summed E-state index contributed by atoms with van der Waals surface area (Å²) < 4.78 is 12.7. The van der Waals surface area contributed by atoms with Gasteiger partial charge in [-0.1, -0.05) is 79.9 Å². The van der Waals surface area contributed by atoms with E-state index in [9.17, 15) is 19.2 Å². The molecule has 10 nitrogen and oxygen atoms in total. The molecule has 0 radical (unpaired) electrons. The first-order valence-electron chi connectivity index (χ1n) is 14.6. The zero-order valence-corrected chi connectivity index (χ0v) is 27.7. The van der Waals surface area contributed by atoms with E-state index >= 15 is 0 Å². The van der Waals surface area contributed by atoms with E-state index in [2.05, 4.69) is 53.6 Å². The Balaban J connectivity index is 0.992. The predicted octanol–water partition coefficient (Wildman–Crippen LogP) is 6.00. The minimum absolute atomic E-state index is 0.244. The van der Waals surface area contributed by atoms with Crippen molar-refractivity contribution in [1.29, 1.82) is 0 Å². The first kappa shape index (κ1) is 33.7. The van der Waals surface area contributed by atoms with Gasteiger partial charge in [0.2, 0.25) is 11.8 Å². The molecule has 0 spiro atoms. The van der Waals surface area contributed by atoms with Gasteiger partial charge in [-0.05, 0) is 78.4 Å². The normalized spacial score (nSPS) is 10.7. The van der Waals surface area contributed by atoms with Crippen LogP contribution in [0.5, 0.6) is 11.5 Å². The van der Waals surface area contributed by atoms with Gasteiger partial charge in [0.15, 0.2) is 13.2 Å². The van der Waals surface area contributed by atoms with Gasteiger partial charge in [0, 0.05) is 12.8 Å². The molecule has 4 aromatic rings. The van der Waals surface area contributed by atoms with E-state index in [0.29, 0.717) is 24.3 Å². The molecule has 0 unspecified atom stereocenters. The first-order valence-corrected chi connectivity index (χ1v) is 16.2. The number of amides is 4. The lowest BCUT2D eigenvalue weighted by molar-refractivity contribution is -0.130. The monoisotopic (exact) mass is 740 g/mol. The smallest absolute Gasteiger partial charge is 0.276 e. The lowest BCUT2D eigenvalue weighted by atomic mass is 10.1. The van der Waals surface area contributed by atoms with E-state index in [-0.39, 0.29) is 37.9 Å². The molecule has 12 heteroatoms. The zero-order valence-electron chi connectivity index (χ0n) is 24.5. The van der Waals surface area contributed by atoms with Crippen LogP contribution in [0.3, 0.4) is 0 Å². The van der Waals surface area contributed by atoms with Crippen molar-refractivity contribution in [2.24, 2.45) is 0 Å². The summed E-state index contributed by atoms with van der Waals surface area (Å²) in [7, 11) is 0. The Morgan fingerprint density at radius 2 is 0.867 bits per heavy atom. The lowest BCUT2D eigenvalue weighted by Crippen LogP contribution is -2.43. The molecule has 4 rings (SSSR count). The first-order chi connectivity index (χ1) is 21.8. The van der Waals surface area contributed by atoms with E-state index in [4.69, 9.17) is 9.47 Å². The summed E-state index contributed by atoms with van der Waals surface area (Å²) in [6, 6.07) is 23.0. The van der Waals surface area contributed by atoms with Gasteiger partial charge in [0.05, 0.1) is 8.95 Å². The summed E-state index contributed by atoms with van der Waals surface area (Å²) in [5.74, 6) is -0.446. The fraction of sp³-hybridized carbons (Fsp3) is 0.273. The average Bonchev–Trinajstić information content (AvgIpc) is 3.05. The minimum atomic E-state index is -0.469. The van der Waals surface area contributed by atoms with Crippen molar-refractivity contribution in [3.63, 3.8) is 0 Å². The van der Waals surface area contributed by atoms with Crippen molar-refractivity contribution in [3.05, 3.63) is 81.7 Å². The van der Waals surface area contributed by atoms with Gasteiger partial charge in [-0.2, -0.15) is 0 Å². The highest BCUT2D eigenvalue weighted by molar-refractivity contribution is 9.11. The van der Waals surface area contributed by atoms with Crippen molar-refractivity contribution in [3.8, 4) is 11.5 Å². The maximum Gasteiger partial charge on any atom is 0.276 e. The summed E-state index contributed by atoms with van der Waals surface area (Å²) in [4.78, 5) is 48.3. The van der Waals surface area contributed by atoms with Crippen LogP contribution in [0.2, 0.25) is 0 Å². The Morgan fingerprint density at radius 3 is 1.31 bits per heavy atom. The Labute approximate surface area is 277 Å².